The van der Waals surface area contributed by atoms with Gasteiger partial charge in [0.05, 0.1) is 17.7 Å². The number of para-hydroxylation sites is 1. The Morgan fingerprint density at radius 2 is 2.21 bits per heavy atom. The van der Waals surface area contributed by atoms with Gasteiger partial charge < -0.3 is 9.84 Å². The molecule has 0 bridgehead atoms. The Hall–Kier alpha value is -1.39. The molecule has 0 saturated heterocycles. The number of ether oxygens (including phenoxy) is 1. The van der Waals surface area contributed by atoms with Crippen LogP contribution < -0.4 is 4.74 Å². The largest absolute Gasteiger partial charge is 0.492 e. The Kier molecular flexibility index (Phi) is 2.60. The molecule has 1 N–H and O–H groups in total. The molecule has 0 radical (unpaired) electrons. The van der Waals surface area contributed by atoms with E-state index in [1.165, 1.54) is 10.4 Å². The SMILES string of the molecule is OC1CCCc2sc(C3COc4ccccc43)nc21. The van der Waals surface area contributed by atoms with E-state index in [-0.39, 0.29) is 12.0 Å². The number of hydrogen-bond acceptors (Lipinski definition) is 4. The topological polar surface area (TPSA) is 42.4 Å². The summed E-state index contributed by atoms with van der Waals surface area (Å²) < 4.78 is 5.73. The van der Waals surface area contributed by atoms with Gasteiger partial charge in [-0.25, -0.2) is 4.98 Å². The molecule has 2 aromatic rings. The second-order valence-electron chi connectivity index (χ2n) is 5.17. The van der Waals surface area contributed by atoms with Gasteiger partial charge in [-0.1, -0.05) is 18.2 Å². The van der Waals surface area contributed by atoms with E-state index in [0.717, 1.165) is 35.7 Å². The summed E-state index contributed by atoms with van der Waals surface area (Å²) in [6.45, 7) is 0.668. The highest BCUT2D eigenvalue weighted by Gasteiger charge is 2.31. The second-order valence-corrected chi connectivity index (χ2v) is 6.29. The molecule has 19 heavy (non-hydrogen) atoms. The number of thiazole rings is 1. The molecule has 4 rings (SSSR count). The van der Waals surface area contributed by atoms with E-state index in [9.17, 15) is 5.11 Å². The number of aliphatic hydroxyl groups is 1. The number of hydrogen-bond donors (Lipinski definition) is 1. The molecule has 1 aromatic carbocycles. The monoisotopic (exact) mass is 273 g/mol. The van der Waals surface area contributed by atoms with Crippen LogP contribution in [0.4, 0.5) is 0 Å². The Morgan fingerprint density at radius 1 is 1.32 bits per heavy atom. The minimum atomic E-state index is -0.369. The van der Waals surface area contributed by atoms with E-state index >= 15 is 0 Å². The maximum atomic E-state index is 10.0. The summed E-state index contributed by atoms with van der Waals surface area (Å²) in [5.74, 6) is 1.21. The highest BCUT2D eigenvalue weighted by Crippen LogP contribution is 2.42. The number of fused-ring (bicyclic) bond motifs is 2. The van der Waals surface area contributed by atoms with Crippen LogP contribution in [-0.2, 0) is 6.42 Å². The summed E-state index contributed by atoms with van der Waals surface area (Å²) in [4.78, 5) is 5.96. The maximum Gasteiger partial charge on any atom is 0.123 e. The van der Waals surface area contributed by atoms with Crippen molar-refractivity contribution in [1.29, 1.82) is 0 Å². The first-order chi connectivity index (χ1) is 9.33. The van der Waals surface area contributed by atoms with Crippen LogP contribution in [0.2, 0.25) is 0 Å². The molecule has 98 valence electrons. The molecule has 1 aliphatic carbocycles. The lowest BCUT2D eigenvalue weighted by molar-refractivity contribution is 0.152. The first-order valence-corrected chi connectivity index (χ1v) is 7.54. The molecule has 0 saturated carbocycles. The average Bonchev–Trinajstić information content (AvgIpc) is 3.02. The molecular formula is C15H15NO2S. The fourth-order valence-corrected chi connectivity index (χ4v) is 4.20. The van der Waals surface area contributed by atoms with E-state index in [1.807, 2.05) is 18.2 Å². The van der Waals surface area contributed by atoms with Crippen LogP contribution in [0.3, 0.4) is 0 Å². The van der Waals surface area contributed by atoms with Crippen molar-refractivity contribution in [3.63, 3.8) is 0 Å². The van der Waals surface area contributed by atoms with Gasteiger partial charge in [0, 0.05) is 10.4 Å². The predicted octanol–water partition coefficient (Wildman–Crippen LogP) is 3.04. The highest BCUT2D eigenvalue weighted by atomic mass is 32.1. The van der Waals surface area contributed by atoms with Crippen LogP contribution in [0.15, 0.2) is 24.3 Å². The molecule has 1 aliphatic heterocycles. The quantitative estimate of drug-likeness (QED) is 0.868. The van der Waals surface area contributed by atoms with Crippen molar-refractivity contribution in [3.8, 4) is 5.75 Å². The number of aliphatic hydroxyl groups excluding tert-OH is 1. The van der Waals surface area contributed by atoms with Gasteiger partial charge in [0.25, 0.3) is 0 Å². The second kappa shape index (κ2) is 4.32. The molecule has 1 aromatic heterocycles. The van der Waals surface area contributed by atoms with Crippen LogP contribution in [0.1, 0.15) is 46.0 Å². The normalized spacial score (nSPS) is 24.7. The highest BCUT2D eigenvalue weighted by molar-refractivity contribution is 7.11. The van der Waals surface area contributed by atoms with Crippen LogP contribution in [0, 0.1) is 0 Å². The Labute approximate surface area is 115 Å². The summed E-state index contributed by atoms with van der Waals surface area (Å²) in [6.07, 6.45) is 2.59. The molecule has 0 fully saturated rings. The van der Waals surface area contributed by atoms with Gasteiger partial charge in [0.15, 0.2) is 0 Å². The Bertz CT molecular complexity index is 622. The van der Waals surface area contributed by atoms with Crippen molar-refractivity contribution in [2.24, 2.45) is 0 Å². The van der Waals surface area contributed by atoms with Crippen molar-refractivity contribution in [1.82, 2.24) is 4.98 Å². The smallest absolute Gasteiger partial charge is 0.123 e. The predicted molar refractivity (Wildman–Crippen MR) is 73.8 cm³/mol. The molecule has 4 heteroatoms. The van der Waals surface area contributed by atoms with Gasteiger partial charge in [0.1, 0.15) is 17.4 Å². The number of aryl methyl sites for hydroxylation is 1. The van der Waals surface area contributed by atoms with Crippen molar-refractivity contribution >= 4 is 11.3 Å². The Morgan fingerprint density at radius 3 is 3.11 bits per heavy atom. The molecule has 3 nitrogen and oxygen atoms in total. The minimum absolute atomic E-state index is 0.235. The van der Waals surface area contributed by atoms with E-state index in [4.69, 9.17) is 9.72 Å². The molecule has 2 heterocycles. The van der Waals surface area contributed by atoms with Crippen molar-refractivity contribution in [3.05, 3.63) is 45.4 Å². The van der Waals surface area contributed by atoms with Crippen molar-refractivity contribution in [2.45, 2.75) is 31.3 Å². The third kappa shape index (κ3) is 1.78. The number of rotatable bonds is 1. The summed E-state index contributed by atoms with van der Waals surface area (Å²) >= 11 is 1.75. The fourth-order valence-electron chi connectivity index (χ4n) is 2.93. The Balaban J connectivity index is 1.75. The van der Waals surface area contributed by atoms with Gasteiger partial charge in [-0.3, -0.25) is 0 Å². The van der Waals surface area contributed by atoms with Crippen LogP contribution in [0.5, 0.6) is 5.75 Å². The molecule has 2 atom stereocenters. The summed E-state index contributed by atoms with van der Waals surface area (Å²) in [7, 11) is 0. The number of aromatic nitrogens is 1. The van der Waals surface area contributed by atoms with E-state index in [1.54, 1.807) is 11.3 Å². The van der Waals surface area contributed by atoms with Crippen LogP contribution >= 0.6 is 11.3 Å². The molecule has 2 unspecified atom stereocenters. The maximum absolute atomic E-state index is 10.0. The standard InChI is InChI=1S/C15H15NO2S/c17-11-5-3-7-13-14(11)16-15(19-13)10-8-18-12-6-2-1-4-9(10)12/h1-2,4,6,10-11,17H,3,5,7-8H2. The third-order valence-corrected chi connectivity index (χ3v) is 5.18. The zero-order chi connectivity index (χ0) is 12.8. The zero-order valence-corrected chi connectivity index (χ0v) is 11.3. The van der Waals surface area contributed by atoms with Crippen LogP contribution in [-0.4, -0.2) is 16.7 Å². The third-order valence-electron chi connectivity index (χ3n) is 3.94. The molecule has 0 amide bonds. The minimum Gasteiger partial charge on any atom is -0.492 e. The number of nitrogens with zero attached hydrogens (tertiary/aromatic N) is 1. The average molecular weight is 273 g/mol. The van der Waals surface area contributed by atoms with Gasteiger partial charge in [-0.2, -0.15) is 0 Å². The first kappa shape index (κ1) is 11.4. The van der Waals surface area contributed by atoms with Gasteiger partial charge >= 0.3 is 0 Å². The zero-order valence-electron chi connectivity index (χ0n) is 10.5. The lowest BCUT2D eigenvalue weighted by Gasteiger charge is -2.14. The molecule has 2 aliphatic rings. The lowest BCUT2D eigenvalue weighted by Crippen LogP contribution is -2.08. The van der Waals surface area contributed by atoms with Crippen molar-refractivity contribution < 1.29 is 9.84 Å². The van der Waals surface area contributed by atoms with Gasteiger partial charge in [-0.15, -0.1) is 11.3 Å². The van der Waals surface area contributed by atoms with E-state index < -0.39 is 0 Å². The van der Waals surface area contributed by atoms with E-state index in [0.29, 0.717) is 6.61 Å². The summed E-state index contributed by atoms with van der Waals surface area (Å²) in [5.41, 5.74) is 2.14. The lowest BCUT2D eigenvalue weighted by atomic mass is 9.99. The summed E-state index contributed by atoms with van der Waals surface area (Å²) in [5, 5.41) is 11.1. The first-order valence-electron chi connectivity index (χ1n) is 6.72. The van der Waals surface area contributed by atoms with Crippen molar-refractivity contribution in [2.75, 3.05) is 6.61 Å². The molecule has 0 spiro atoms. The van der Waals surface area contributed by atoms with Gasteiger partial charge in [-0.05, 0) is 25.3 Å². The summed E-state index contributed by atoms with van der Waals surface area (Å²) in [6, 6.07) is 8.17. The molecular weight excluding hydrogens is 258 g/mol. The fraction of sp³-hybridized carbons (Fsp3) is 0.400. The number of benzene rings is 1. The van der Waals surface area contributed by atoms with Crippen LogP contribution in [0.25, 0.3) is 0 Å². The van der Waals surface area contributed by atoms with E-state index in [2.05, 4.69) is 6.07 Å². The van der Waals surface area contributed by atoms with Gasteiger partial charge in [0.2, 0.25) is 0 Å².